The molecule has 3 saturated heterocycles. The fourth-order valence-electron chi connectivity index (χ4n) is 15.9. The number of fused-ring (bicyclic) bond motifs is 7. The molecule has 8 rings (SSSR count). The summed E-state index contributed by atoms with van der Waals surface area (Å²) in [6, 6.07) is 0. The van der Waals surface area contributed by atoms with Crippen molar-refractivity contribution in [3.63, 3.8) is 0 Å². The lowest BCUT2D eigenvalue weighted by Crippen LogP contribution is -2.70. The Morgan fingerprint density at radius 3 is 1.83 bits per heavy atom. The third-order valence-electron chi connectivity index (χ3n) is 20.6. The van der Waals surface area contributed by atoms with Crippen molar-refractivity contribution in [1.29, 1.82) is 0 Å². The van der Waals surface area contributed by atoms with Crippen LogP contribution >= 0.6 is 0 Å². The van der Waals surface area contributed by atoms with Crippen molar-refractivity contribution in [2.75, 3.05) is 26.9 Å². The van der Waals surface area contributed by atoms with Crippen LogP contribution in [0.15, 0.2) is 23.3 Å². The minimum absolute atomic E-state index is 0.0486. The highest BCUT2D eigenvalue weighted by atomic mass is 16.8. The minimum Gasteiger partial charge on any atom is -0.467 e. The first-order valence-electron chi connectivity index (χ1n) is 26.9. The van der Waals surface area contributed by atoms with Gasteiger partial charge in [-0.1, -0.05) is 59.3 Å². The Balaban J connectivity index is 1.14. The van der Waals surface area contributed by atoms with E-state index in [1.807, 2.05) is 0 Å². The lowest BCUT2D eigenvalue weighted by atomic mass is 9.33. The van der Waals surface area contributed by atoms with E-state index in [9.17, 15) is 70.6 Å². The second-order valence-electron chi connectivity index (χ2n) is 25.0. The molecule has 0 radical (unpaired) electrons. The number of hydrogen-bond donors (Lipinski definition) is 11. The van der Waals surface area contributed by atoms with Crippen molar-refractivity contribution in [3.8, 4) is 0 Å². The Labute approximate surface area is 443 Å². The SMILES string of the molecule is C/C=C(\C)C(=O)O[C@H]1CC(C)(C)C[C@H]2C3=CC[C@@H]4[C@@]5(C)CC[C@H](O[C@@H]6O[C@H](C(=O)OC)[C@@H](O)[C@H](O[C@@H]7O[C@H](CO)[C@H](O)[C@H](O)[C@H]7O)[C@H]6O[C@@H]6O[C@H](CO)[C@H](O)[C@H](O)[C@H]6O)[C@@](C)(C=O)[C@@H]5CC[C@@]4(C)[C@]3(C)C[C@@H](O)[C@@]12CO. The fraction of sp³-hybridized carbons (Fsp3) is 0.870. The van der Waals surface area contributed by atoms with Gasteiger partial charge >= 0.3 is 11.9 Å². The summed E-state index contributed by atoms with van der Waals surface area (Å²) in [5.74, 6) is -2.34. The van der Waals surface area contributed by atoms with Crippen molar-refractivity contribution < 1.29 is 108 Å². The van der Waals surface area contributed by atoms with E-state index in [2.05, 4.69) is 40.7 Å². The van der Waals surface area contributed by atoms with Gasteiger partial charge < -0.3 is 98.9 Å². The maximum Gasteiger partial charge on any atom is 0.337 e. The molecule has 76 heavy (non-hydrogen) atoms. The summed E-state index contributed by atoms with van der Waals surface area (Å²) in [5, 5.41) is 121. The molecule has 432 valence electrons. The van der Waals surface area contributed by atoms with Gasteiger partial charge in [-0.3, -0.25) is 0 Å². The molecule has 7 fully saturated rings. The summed E-state index contributed by atoms with van der Waals surface area (Å²) in [7, 11) is 1.03. The average Bonchev–Trinajstić information content (AvgIpc) is 3.58. The van der Waals surface area contributed by atoms with Crippen molar-refractivity contribution in [3.05, 3.63) is 23.3 Å². The van der Waals surface area contributed by atoms with Crippen LogP contribution in [0.2, 0.25) is 0 Å². The molecule has 0 unspecified atom stereocenters. The third-order valence-corrected chi connectivity index (χ3v) is 20.6. The number of methoxy groups -OCH3 is 1. The summed E-state index contributed by atoms with van der Waals surface area (Å²) in [5.41, 5.74) is -2.79. The van der Waals surface area contributed by atoms with Crippen molar-refractivity contribution in [2.45, 2.75) is 217 Å². The number of esters is 2. The number of ether oxygens (including phenoxy) is 8. The van der Waals surface area contributed by atoms with Crippen LogP contribution in [-0.4, -0.2) is 212 Å². The second kappa shape index (κ2) is 21.7. The Bertz CT molecular complexity index is 2190. The third kappa shape index (κ3) is 9.37. The molecule has 4 saturated carbocycles. The number of rotatable bonds is 13. The number of aldehydes is 1. The number of aliphatic hydroxyl groups is 11. The highest BCUT2D eigenvalue weighted by Gasteiger charge is 2.73. The van der Waals surface area contributed by atoms with Gasteiger partial charge in [-0.2, -0.15) is 0 Å². The van der Waals surface area contributed by atoms with E-state index in [0.717, 1.165) is 19.0 Å². The number of carbonyl (C=O) groups excluding carboxylic acids is 3. The summed E-state index contributed by atoms with van der Waals surface area (Å²) in [6.45, 7) is 14.1. The molecule has 11 N–H and O–H groups in total. The zero-order valence-electron chi connectivity index (χ0n) is 45.0. The molecule has 22 nitrogen and oxygen atoms in total. The van der Waals surface area contributed by atoms with Crippen molar-refractivity contribution in [2.24, 2.45) is 50.2 Å². The molecule has 0 aromatic rings. The Morgan fingerprint density at radius 1 is 0.697 bits per heavy atom. The van der Waals surface area contributed by atoms with Crippen LogP contribution < -0.4 is 0 Å². The molecule has 3 heterocycles. The Hall–Kier alpha value is -2.59. The highest BCUT2D eigenvalue weighted by molar-refractivity contribution is 5.87. The van der Waals surface area contributed by atoms with Gasteiger partial charge in [0.2, 0.25) is 0 Å². The zero-order chi connectivity index (χ0) is 56.0. The van der Waals surface area contributed by atoms with Crippen molar-refractivity contribution in [1.82, 2.24) is 0 Å². The quantitative estimate of drug-likeness (QED) is 0.0362. The minimum atomic E-state index is -2.09. The van der Waals surface area contributed by atoms with Gasteiger partial charge in [0.05, 0.1) is 50.0 Å². The molecule has 22 heteroatoms. The normalized spacial score (nSPS) is 51.2. The Morgan fingerprint density at radius 2 is 1.29 bits per heavy atom. The molecule has 0 aromatic heterocycles. The zero-order valence-corrected chi connectivity index (χ0v) is 45.0. The number of allylic oxidation sites excluding steroid dienone is 3. The largest absolute Gasteiger partial charge is 0.467 e. The Kier molecular flexibility index (Phi) is 17.0. The molecule has 8 aliphatic rings. The van der Waals surface area contributed by atoms with E-state index in [4.69, 9.17) is 37.9 Å². The molecule has 0 aromatic carbocycles. The molecule has 3 aliphatic heterocycles. The molecule has 26 atom stereocenters. The number of aliphatic hydroxyl groups excluding tert-OH is 11. The lowest BCUT2D eigenvalue weighted by molar-refractivity contribution is -0.395. The molecule has 0 bridgehead atoms. The standard InChI is InChI=1S/C54H84O22/c1-10-24(2)44(67)72-33-19-49(3,4)17-26-25-11-12-30-50(5)15-14-32(51(6,22-57)29(50)13-16-52(30,7)53(25,8)18-31(59)54(26,33)23-58)73-48-43(76-47-39(65)37(63)35(61)28(21-56)71-47)41(40(66)42(75-48)45(68)69-9)74-46-38(64)36(62)34(60)27(20-55)70-46/h10-11,22,26-43,46-48,55-56,58-66H,12-21,23H2,1-9H3/b24-10+/t26-,27+,28+,29+,30+,31+,32-,33-,34-,35-,36-,37-,38+,39+,40-,41-,42-,43+,46-,47-,48+,50-,51-,52+,53+,54-/m0/s1. The maximum atomic E-state index is 14.1. The molecule has 0 spiro atoms. The van der Waals surface area contributed by atoms with Crippen LogP contribution in [0.25, 0.3) is 0 Å². The predicted octanol–water partition coefficient (Wildman–Crippen LogP) is -0.568. The van der Waals surface area contributed by atoms with Crippen LogP contribution in [0.5, 0.6) is 0 Å². The first-order valence-corrected chi connectivity index (χ1v) is 26.9. The van der Waals surface area contributed by atoms with Gasteiger partial charge in [0.15, 0.2) is 25.0 Å². The van der Waals surface area contributed by atoms with E-state index in [1.165, 1.54) is 0 Å². The second-order valence-corrected chi connectivity index (χ2v) is 25.0. The monoisotopic (exact) mass is 1080 g/mol. The van der Waals surface area contributed by atoms with Crippen LogP contribution in [0.1, 0.15) is 107 Å². The molecule has 0 amide bonds. The van der Waals surface area contributed by atoms with Gasteiger partial charge in [0.25, 0.3) is 0 Å². The van der Waals surface area contributed by atoms with Gasteiger partial charge in [0, 0.05) is 5.57 Å². The predicted molar refractivity (Wildman–Crippen MR) is 261 cm³/mol. The number of carbonyl (C=O) groups is 3. The van der Waals surface area contributed by atoms with E-state index >= 15 is 0 Å². The van der Waals surface area contributed by atoms with E-state index in [-0.39, 0.29) is 36.2 Å². The van der Waals surface area contributed by atoms with Crippen molar-refractivity contribution >= 4 is 18.2 Å². The smallest absolute Gasteiger partial charge is 0.337 e. The van der Waals surface area contributed by atoms with E-state index < -0.39 is 163 Å². The summed E-state index contributed by atoms with van der Waals surface area (Å²) in [6.07, 6.45) is -22.3. The van der Waals surface area contributed by atoms with Crippen LogP contribution in [-0.2, 0) is 52.3 Å². The average molecular weight is 1090 g/mol. The van der Waals surface area contributed by atoms with Gasteiger partial charge in [0.1, 0.15) is 79.5 Å². The van der Waals surface area contributed by atoms with Gasteiger partial charge in [-0.15, -0.1) is 0 Å². The van der Waals surface area contributed by atoms with Gasteiger partial charge in [-0.05, 0) is 105 Å². The van der Waals surface area contributed by atoms with Crippen LogP contribution in [0.4, 0.5) is 0 Å². The maximum absolute atomic E-state index is 14.1. The summed E-state index contributed by atoms with van der Waals surface area (Å²) >= 11 is 0. The molecular formula is C54H84O22. The highest BCUT2D eigenvalue weighted by Crippen LogP contribution is 2.76. The van der Waals surface area contributed by atoms with Gasteiger partial charge in [-0.25, -0.2) is 9.59 Å². The molecular weight excluding hydrogens is 1000 g/mol. The van der Waals surface area contributed by atoms with E-state index in [1.54, 1.807) is 26.8 Å². The number of hydrogen-bond acceptors (Lipinski definition) is 22. The lowest BCUT2D eigenvalue weighted by Gasteiger charge is -2.72. The topological polar surface area (TPSA) is 348 Å². The summed E-state index contributed by atoms with van der Waals surface area (Å²) < 4.78 is 48.0. The van der Waals surface area contributed by atoms with Crippen LogP contribution in [0, 0.1) is 50.2 Å². The molecule has 5 aliphatic carbocycles. The fourth-order valence-corrected chi connectivity index (χ4v) is 15.9. The summed E-state index contributed by atoms with van der Waals surface area (Å²) in [4.78, 5) is 40.9. The first kappa shape index (κ1) is 59.5. The first-order chi connectivity index (χ1) is 35.6. The van der Waals surface area contributed by atoms with Crippen LogP contribution in [0.3, 0.4) is 0 Å². The van der Waals surface area contributed by atoms with E-state index in [0.29, 0.717) is 50.5 Å².